The number of carbonyl (C=O) groups excluding carboxylic acids is 1. The molecule has 3 nitrogen and oxygen atoms in total. The molecule has 0 amide bonds. The molecule has 27 heavy (non-hydrogen) atoms. The average Bonchev–Trinajstić information content (AvgIpc) is 2.66. The second-order valence-corrected chi connectivity index (χ2v) is 8.21. The van der Waals surface area contributed by atoms with Crippen LogP contribution in [-0.4, -0.2) is 30.4 Å². The van der Waals surface area contributed by atoms with Crippen molar-refractivity contribution in [3.05, 3.63) is 52.6 Å². The average molecular weight is 359 g/mol. The summed E-state index contributed by atoms with van der Waals surface area (Å²) in [4.78, 5) is 14.4. The van der Waals surface area contributed by atoms with Crippen molar-refractivity contribution < 1.29 is 9.53 Å². The normalized spacial score (nSPS) is 20.0. The van der Waals surface area contributed by atoms with Gasteiger partial charge in [0.25, 0.3) is 0 Å². The molecule has 2 heterocycles. The van der Waals surface area contributed by atoms with Crippen molar-refractivity contribution in [2.45, 2.75) is 45.7 Å². The maximum atomic E-state index is 12.0. The predicted molar refractivity (Wildman–Crippen MR) is 110 cm³/mol. The van der Waals surface area contributed by atoms with Gasteiger partial charge in [0, 0.05) is 19.0 Å². The molecule has 0 bridgehead atoms. The zero-order valence-corrected chi connectivity index (χ0v) is 16.3. The number of carbonyl (C=O) groups is 1. The van der Waals surface area contributed by atoms with Crippen LogP contribution in [0, 0.1) is 13.8 Å². The molecule has 0 aromatic heterocycles. The van der Waals surface area contributed by atoms with E-state index in [2.05, 4.69) is 49.1 Å². The van der Waals surface area contributed by atoms with Crippen molar-refractivity contribution in [2.75, 3.05) is 13.7 Å². The van der Waals surface area contributed by atoms with Crippen LogP contribution in [0.2, 0.25) is 0 Å². The molecule has 2 aliphatic rings. The van der Waals surface area contributed by atoms with E-state index in [4.69, 9.17) is 4.74 Å². The minimum atomic E-state index is 0.382. The maximum absolute atomic E-state index is 12.0. The highest BCUT2D eigenvalue weighted by Crippen LogP contribution is 2.41. The van der Waals surface area contributed by atoms with Gasteiger partial charge in [-0.3, -0.25) is 9.69 Å². The van der Waals surface area contributed by atoms with E-state index in [1.807, 2.05) is 0 Å². The van der Waals surface area contributed by atoms with Crippen LogP contribution >= 0.6 is 0 Å². The van der Waals surface area contributed by atoms with E-state index < -0.39 is 0 Å². The fourth-order valence-electron chi connectivity index (χ4n) is 5.06. The lowest BCUT2D eigenvalue weighted by Gasteiger charge is -2.40. The Morgan fingerprint density at radius 2 is 1.78 bits per heavy atom. The van der Waals surface area contributed by atoms with Crippen LogP contribution in [0.5, 0.6) is 5.75 Å². The van der Waals surface area contributed by atoms with Gasteiger partial charge in [0.2, 0.25) is 0 Å². The summed E-state index contributed by atoms with van der Waals surface area (Å²) in [5.41, 5.74) is 5.30. The van der Waals surface area contributed by atoms with Gasteiger partial charge < -0.3 is 4.74 Å². The first-order valence-electron chi connectivity index (χ1n) is 9.83. The summed E-state index contributed by atoms with van der Waals surface area (Å²) in [5.74, 6) is 1.34. The molecule has 0 unspecified atom stereocenters. The minimum absolute atomic E-state index is 0.382. The van der Waals surface area contributed by atoms with Gasteiger partial charge in [-0.1, -0.05) is 23.8 Å². The van der Waals surface area contributed by atoms with Crippen LogP contribution in [0.4, 0.5) is 0 Å². The van der Waals surface area contributed by atoms with Gasteiger partial charge in [-0.15, -0.1) is 0 Å². The molecule has 1 fully saturated rings. The SMILES string of the molecule is COc1cc2c3c(c4ccc(C)cc4c2cc1C)CN1CC(=O)CC[C@@H]1C3. The molecular formula is C24H25NO2. The highest BCUT2D eigenvalue weighted by molar-refractivity contribution is 6.11. The lowest BCUT2D eigenvalue weighted by Crippen LogP contribution is -2.47. The third-order valence-corrected chi connectivity index (χ3v) is 6.47. The molecule has 3 heteroatoms. The number of hydrogen-bond acceptors (Lipinski definition) is 3. The van der Waals surface area contributed by atoms with Gasteiger partial charge in [-0.25, -0.2) is 0 Å². The van der Waals surface area contributed by atoms with Gasteiger partial charge in [0.1, 0.15) is 11.5 Å². The molecule has 138 valence electrons. The first kappa shape index (κ1) is 16.8. The zero-order valence-electron chi connectivity index (χ0n) is 16.3. The van der Waals surface area contributed by atoms with Gasteiger partial charge in [-0.2, -0.15) is 0 Å². The molecule has 0 N–H and O–H groups in total. The highest BCUT2D eigenvalue weighted by atomic mass is 16.5. The minimum Gasteiger partial charge on any atom is -0.496 e. The molecule has 0 radical (unpaired) electrons. The van der Waals surface area contributed by atoms with Gasteiger partial charge in [0.15, 0.2) is 0 Å². The molecule has 0 aliphatic carbocycles. The number of fused-ring (bicyclic) bond motifs is 7. The van der Waals surface area contributed by atoms with Crippen LogP contribution in [0.1, 0.15) is 35.1 Å². The van der Waals surface area contributed by atoms with Crippen molar-refractivity contribution in [1.29, 1.82) is 0 Å². The Labute approximate surface area is 159 Å². The number of ketones is 1. The molecule has 0 spiro atoms. The number of piperidine rings is 1. The van der Waals surface area contributed by atoms with Crippen LogP contribution in [-0.2, 0) is 17.8 Å². The van der Waals surface area contributed by atoms with E-state index in [0.717, 1.165) is 31.6 Å². The molecule has 3 aromatic carbocycles. The van der Waals surface area contributed by atoms with Crippen LogP contribution in [0.3, 0.4) is 0 Å². The number of benzene rings is 3. The van der Waals surface area contributed by atoms with Crippen LogP contribution in [0.25, 0.3) is 21.5 Å². The van der Waals surface area contributed by atoms with Gasteiger partial charge in [-0.05, 0) is 77.1 Å². The van der Waals surface area contributed by atoms with Crippen molar-refractivity contribution in [1.82, 2.24) is 4.90 Å². The van der Waals surface area contributed by atoms with E-state index in [1.54, 1.807) is 7.11 Å². The van der Waals surface area contributed by atoms with E-state index in [-0.39, 0.29) is 0 Å². The maximum Gasteiger partial charge on any atom is 0.146 e. The molecule has 0 saturated carbocycles. The van der Waals surface area contributed by atoms with Crippen molar-refractivity contribution in [2.24, 2.45) is 0 Å². The van der Waals surface area contributed by atoms with Crippen LogP contribution < -0.4 is 4.74 Å². The monoisotopic (exact) mass is 359 g/mol. The van der Waals surface area contributed by atoms with Crippen molar-refractivity contribution in [3.63, 3.8) is 0 Å². The predicted octanol–water partition coefficient (Wildman–Crippen LogP) is 4.71. The van der Waals surface area contributed by atoms with E-state index in [1.165, 1.54) is 43.8 Å². The molecule has 2 aliphatic heterocycles. The van der Waals surface area contributed by atoms with E-state index in [9.17, 15) is 4.79 Å². The summed E-state index contributed by atoms with van der Waals surface area (Å²) in [6, 6.07) is 11.8. The standard InChI is InChI=1S/C24H25NO2/c1-14-4-7-18-19(8-14)20-9-15(2)24(27-3)11-22(20)21-10-16-5-6-17(26)12-25(16)13-23(18)21/h4,7-9,11,16H,5-6,10,12-13H2,1-3H3/t16-/m1/s1. The number of Topliss-reactive ketones (excluding diaryl/α,β-unsaturated/α-hetero) is 1. The number of rotatable bonds is 1. The quantitative estimate of drug-likeness (QED) is 0.590. The highest BCUT2D eigenvalue weighted by Gasteiger charge is 2.33. The van der Waals surface area contributed by atoms with Gasteiger partial charge >= 0.3 is 0 Å². The lowest BCUT2D eigenvalue weighted by molar-refractivity contribution is -0.124. The molecular weight excluding hydrogens is 334 g/mol. The number of methoxy groups -OCH3 is 1. The molecule has 1 atom stereocenters. The fourth-order valence-corrected chi connectivity index (χ4v) is 5.06. The molecule has 3 aromatic rings. The van der Waals surface area contributed by atoms with E-state index >= 15 is 0 Å². The summed E-state index contributed by atoms with van der Waals surface area (Å²) >= 11 is 0. The van der Waals surface area contributed by atoms with Crippen LogP contribution in [0.15, 0.2) is 30.3 Å². The number of ether oxygens (including phenoxy) is 1. The summed E-state index contributed by atoms with van der Waals surface area (Å²) in [5, 5.41) is 5.30. The summed E-state index contributed by atoms with van der Waals surface area (Å²) in [7, 11) is 1.75. The Morgan fingerprint density at radius 1 is 0.963 bits per heavy atom. The van der Waals surface area contributed by atoms with E-state index in [0.29, 0.717) is 18.4 Å². The Morgan fingerprint density at radius 3 is 2.59 bits per heavy atom. The summed E-state index contributed by atoms with van der Waals surface area (Å²) < 4.78 is 5.65. The van der Waals surface area contributed by atoms with Crippen molar-refractivity contribution in [3.8, 4) is 5.75 Å². The molecule has 1 saturated heterocycles. The lowest BCUT2D eigenvalue weighted by atomic mass is 9.82. The van der Waals surface area contributed by atoms with Crippen molar-refractivity contribution >= 4 is 27.3 Å². The molecule has 5 rings (SSSR count). The number of aryl methyl sites for hydroxylation is 2. The second-order valence-electron chi connectivity index (χ2n) is 8.21. The number of hydrogen-bond donors (Lipinski definition) is 0. The Bertz CT molecular complexity index is 1100. The Kier molecular flexibility index (Phi) is 3.76. The Balaban J connectivity index is 1.84. The van der Waals surface area contributed by atoms with Gasteiger partial charge in [0.05, 0.1) is 13.7 Å². The first-order chi connectivity index (χ1) is 13.0. The topological polar surface area (TPSA) is 29.5 Å². The fraction of sp³-hybridized carbons (Fsp3) is 0.375. The second kappa shape index (κ2) is 6.07. The first-order valence-corrected chi connectivity index (χ1v) is 9.83. The smallest absolute Gasteiger partial charge is 0.146 e. The number of nitrogens with zero attached hydrogens (tertiary/aromatic N) is 1. The third-order valence-electron chi connectivity index (χ3n) is 6.47. The third kappa shape index (κ3) is 2.56. The largest absolute Gasteiger partial charge is 0.496 e. The zero-order chi connectivity index (χ0) is 18.7. The Hall–Kier alpha value is -2.39. The summed E-state index contributed by atoms with van der Waals surface area (Å²) in [6.45, 7) is 5.75. The summed E-state index contributed by atoms with van der Waals surface area (Å²) in [6.07, 6.45) is 2.73.